The molecule has 0 fully saturated rings. The molecule has 0 atom stereocenters. The number of hydrogen-bond donors (Lipinski definition) is 1. The molecular weight excluding hydrogens is 419 g/mol. The van der Waals surface area contributed by atoms with Gasteiger partial charge in [0.25, 0.3) is 9.05 Å². The van der Waals surface area contributed by atoms with Crippen molar-refractivity contribution in [2.24, 2.45) is 0 Å². The van der Waals surface area contributed by atoms with Crippen molar-refractivity contribution in [2.45, 2.75) is 16.7 Å². The van der Waals surface area contributed by atoms with Gasteiger partial charge in [0.05, 0.1) is 9.79 Å². The molecule has 0 aliphatic rings. The Kier molecular flexibility index (Phi) is 9.81. The maximum atomic E-state index is 10.8. The van der Waals surface area contributed by atoms with Crippen molar-refractivity contribution in [3.63, 3.8) is 0 Å². The molecule has 0 spiro atoms. The first-order chi connectivity index (χ1) is 11.4. The van der Waals surface area contributed by atoms with E-state index in [1.807, 2.05) is 0 Å². The Balaban J connectivity index is 0.000000475. The van der Waals surface area contributed by atoms with Crippen LogP contribution in [-0.2, 0) is 24.0 Å². The average Bonchev–Trinajstić information content (AvgIpc) is 2.46. The molecule has 2 rings (SSSR count). The maximum absolute atomic E-state index is 10.8. The molecule has 12 heteroatoms. The fraction of sp³-hybridized carbons (Fsp3) is 0.0714. The molecule has 0 aliphatic carbocycles. The van der Waals surface area contributed by atoms with Crippen LogP contribution in [0.4, 0.5) is 0 Å². The smallest absolute Gasteiger partial charge is 0.744 e. The van der Waals surface area contributed by atoms with Gasteiger partial charge in [0, 0.05) is 17.6 Å². The van der Waals surface area contributed by atoms with Crippen LogP contribution in [0, 0.1) is 0 Å². The van der Waals surface area contributed by atoms with E-state index in [4.69, 9.17) is 20.5 Å². The molecule has 0 saturated heterocycles. The van der Waals surface area contributed by atoms with Crippen molar-refractivity contribution >= 4 is 35.8 Å². The van der Waals surface area contributed by atoms with Gasteiger partial charge < -0.3 is 14.4 Å². The predicted molar refractivity (Wildman–Crippen MR) is 86.9 cm³/mol. The standard InChI is InChI=1S/C8H7ClO4S.C6H6O4S.Na/c1-6(10)13-7-2-4-8(5-3-7)14(9,11)12;7-5-1-3-6(4-2-5)11(8,9)10;/h2-5H,1H3;1-4,7H,(H,8,9,10);/q;;+1/p-1. The summed E-state index contributed by atoms with van der Waals surface area (Å²) >= 11 is 0. The minimum absolute atomic E-state index is 0. The second-order valence-corrected chi connectivity index (χ2v) is 8.40. The van der Waals surface area contributed by atoms with Gasteiger partial charge in [-0.15, -0.1) is 0 Å². The quantitative estimate of drug-likeness (QED) is 0.211. The van der Waals surface area contributed by atoms with Crippen molar-refractivity contribution in [1.82, 2.24) is 0 Å². The number of benzene rings is 2. The van der Waals surface area contributed by atoms with E-state index in [1.54, 1.807) is 0 Å². The number of phenols is 1. The molecule has 0 amide bonds. The number of hydrogen-bond acceptors (Lipinski definition) is 8. The summed E-state index contributed by atoms with van der Waals surface area (Å²) in [6.45, 7) is 1.26. The SMILES string of the molecule is CC(=O)Oc1ccc(S(=O)(=O)Cl)cc1.O=S(=O)([O-])c1ccc(O)cc1.[Na+]. The topological polar surface area (TPSA) is 138 Å². The Hall–Kier alpha value is -1.14. The van der Waals surface area contributed by atoms with E-state index < -0.39 is 25.1 Å². The van der Waals surface area contributed by atoms with E-state index in [2.05, 4.69) is 0 Å². The Morgan fingerprint density at radius 2 is 1.38 bits per heavy atom. The van der Waals surface area contributed by atoms with Crippen molar-refractivity contribution in [2.75, 3.05) is 0 Å². The summed E-state index contributed by atoms with van der Waals surface area (Å²) in [5.41, 5.74) is 0. The molecule has 2 aromatic carbocycles. The first-order valence-corrected chi connectivity index (χ1v) is 10.1. The van der Waals surface area contributed by atoms with E-state index >= 15 is 0 Å². The van der Waals surface area contributed by atoms with Gasteiger partial charge in [0.2, 0.25) is 0 Å². The number of esters is 1. The minimum Gasteiger partial charge on any atom is -0.744 e. The second-order valence-electron chi connectivity index (χ2n) is 4.45. The molecular formula is C14H12ClNaO8S2. The van der Waals surface area contributed by atoms with E-state index in [9.17, 15) is 26.2 Å². The first-order valence-electron chi connectivity index (χ1n) is 6.37. The Morgan fingerprint density at radius 3 is 1.73 bits per heavy atom. The summed E-state index contributed by atoms with van der Waals surface area (Å²) in [4.78, 5) is 10.2. The van der Waals surface area contributed by atoms with E-state index in [-0.39, 0.29) is 50.8 Å². The number of carbonyl (C=O) groups excluding carboxylic acids is 1. The zero-order valence-electron chi connectivity index (χ0n) is 13.6. The molecule has 0 bridgehead atoms. The Morgan fingerprint density at radius 1 is 0.962 bits per heavy atom. The van der Waals surface area contributed by atoms with Crippen LogP contribution in [0.5, 0.6) is 11.5 Å². The molecule has 2 aromatic rings. The Labute approximate surface area is 177 Å². The molecule has 0 radical (unpaired) electrons. The van der Waals surface area contributed by atoms with E-state index in [0.29, 0.717) is 0 Å². The average molecular weight is 431 g/mol. The monoisotopic (exact) mass is 430 g/mol. The Bertz CT molecular complexity index is 939. The molecule has 0 unspecified atom stereocenters. The van der Waals surface area contributed by atoms with Crippen LogP contribution >= 0.6 is 10.7 Å². The zero-order valence-corrected chi connectivity index (χ0v) is 18.0. The summed E-state index contributed by atoms with van der Waals surface area (Å²) in [7, 11) is -3.02. The van der Waals surface area contributed by atoms with Gasteiger partial charge in [-0.2, -0.15) is 0 Å². The van der Waals surface area contributed by atoms with Crippen LogP contribution in [0.15, 0.2) is 58.3 Å². The molecule has 8 nitrogen and oxygen atoms in total. The van der Waals surface area contributed by atoms with Gasteiger partial charge >= 0.3 is 35.5 Å². The second kappa shape index (κ2) is 10.3. The number of rotatable bonds is 3. The van der Waals surface area contributed by atoms with Gasteiger partial charge in [-0.25, -0.2) is 16.8 Å². The zero-order chi connectivity index (χ0) is 19.3. The van der Waals surface area contributed by atoms with Crippen LogP contribution in [0.2, 0.25) is 0 Å². The van der Waals surface area contributed by atoms with Gasteiger partial charge in [-0.1, -0.05) is 0 Å². The predicted octanol–water partition coefficient (Wildman–Crippen LogP) is -1.16. The normalized spacial score (nSPS) is 10.7. The maximum Gasteiger partial charge on any atom is 1.00 e. The summed E-state index contributed by atoms with van der Waals surface area (Å²) < 4.78 is 57.3. The first kappa shape index (κ1) is 24.9. The van der Waals surface area contributed by atoms with Crippen molar-refractivity contribution in [3.05, 3.63) is 48.5 Å². The third-order valence-corrected chi connectivity index (χ3v) is 4.71. The van der Waals surface area contributed by atoms with Crippen molar-refractivity contribution in [1.29, 1.82) is 0 Å². The van der Waals surface area contributed by atoms with Crippen LogP contribution in [-0.4, -0.2) is 32.5 Å². The molecule has 136 valence electrons. The van der Waals surface area contributed by atoms with Crippen LogP contribution in [0.25, 0.3) is 0 Å². The van der Waals surface area contributed by atoms with E-state index in [0.717, 1.165) is 24.3 Å². The number of carbonyl (C=O) groups is 1. The molecule has 0 aliphatic heterocycles. The molecule has 26 heavy (non-hydrogen) atoms. The number of aromatic hydroxyl groups is 1. The van der Waals surface area contributed by atoms with Crippen molar-refractivity contribution in [3.8, 4) is 11.5 Å². The number of halogens is 1. The molecule has 0 saturated carbocycles. The van der Waals surface area contributed by atoms with Gasteiger partial charge in [0.15, 0.2) is 0 Å². The largest absolute Gasteiger partial charge is 1.00 e. The third-order valence-electron chi connectivity index (χ3n) is 2.49. The molecule has 0 heterocycles. The van der Waals surface area contributed by atoms with Crippen LogP contribution in [0.3, 0.4) is 0 Å². The minimum atomic E-state index is -4.38. The molecule has 0 aromatic heterocycles. The summed E-state index contributed by atoms with van der Waals surface area (Å²) in [5, 5.41) is 8.73. The summed E-state index contributed by atoms with van der Waals surface area (Å²) in [6.07, 6.45) is 0. The van der Waals surface area contributed by atoms with Gasteiger partial charge in [-0.3, -0.25) is 4.79 Å². The number of phenolic OH excluding ortho intramolecular Hbond substituents is 1. The summed E-state index contributed by atoms with van der Waals surface area (Å²) in [6, 6.07) is 9.64. The number of ether oxygens (including phenoxy) is 1. The summed E-state index contributed by atoms with van der Waals surface area (Å²) in [5.74, 6) is -0.259. The van der Waals surface area contributed by atoms with Gasteiger partial charge in [0.1, 0.15) is 21.6 Å². The van der Waals surface area contributed by atoms with Gasteiger partial charge in [-0.05, 0) is 48.5 Å². The fourth-order valence-corrected chi connectivity index (χ4v) is 2.69. The fourth-order valence-electron chi connectivity index (χ4n) is 1.45. The van der Waals surface area contributed by atoms with Crippen LogP contribution < -0.4 is 34.3 Å². The van der Waals surface area contributed by atoms with Crippen LogP contribution in [0.1, 0.15) is 6.92 Å². The van der Waals surface area contributed by atoms with Crippen molar-refractivity contribution < 1.29 is 65.6 Å². The molecule has 1 N–H and O–H groups in total. The third kappa shape index (κ3) is 8.99. The van der Waals surface area contributed by atoms with E-state index in [1.165, 1.54) is 31.2 Å².